The Morgan fingerprint density at radius 2 is 2.35 bits per heavy atom. The van der Waals surface area contributed by atoms with Gasteiger partial charge in [0.1, 0.15) is 6.07 Å². The molecule has 0 atom stereocenters. The molecule has 8 heteroatoms. The zero-order valence-corrected chi connectivity index (χ0v) is 13.3. The molecule has 0 aliphatic carbocycles. The van der Waals surface area contributed by atoms with Crippen LogP contribution in [0.25, 0.3) is 0 Å². The summed E-state index contributed by atoms with van der Waals surface area (Å²) in [5, 5.41) is 12.5. The standard InChI is InChI=1S/C12H7BrClN3O2S/c1-19-11(18)9-10(14)17-12(20-9)16-8-4-7(13)3-2-6(8)5-15/h2-4H,1H3,(H,16,17). The summed E-state index contributed by atoms with van der Waals surface area (Å²) >= 11 is 10.3. The summed E-state index contributed by atoms with van der Waals surface area (Å²) < 4.78 is 5.42. The third-order valence-electron chi connectivity index (χ3n) is 2.30. The predicted molar refractivity (Wildman–Crippen MR) is 80.6 cm³/mol. The second kappa shape index (κ2) is 6.22. The minimum absolute atomic E-state index is 0.0675. The molecule has 0 saturated heterocycles. The van der Waals surface area contributed by atoms with Gasteiger partial charge in [-0.3, -0.25) is 0 Å². The van der Waals surface area contributed by atoms with Crippen LogP contribution in [-0.4, -0.2) is 18.1 Å². The van der Waals surface area contributed by atoms with Crippen molar-refractivity contribution in [1.29, 1.82) is 5.26 Å². The second-order valence-electron chi connectivity index (χ2n) is 3.56. The molecule has 1 aromatic heterocycles. The molecule has 0 saturated carbocycles. The number of hydrogen-bond donors (Lipinski definition) is 1. The summed E-state index contributed by atoms with van der Waals surface area (Å²) in [6, 6.07) is 7.24. The van der Waals surface area contributed by atoms with Crippen molar-refractivity contribution in [1.82, 2.24) is 4.98 Å². The van der Waals surface area contributed by atoms with E-state index in [2.05, 4.69) is 37.0 Å². The van der Waals surface area contributed by atoms with Gasteiger partial charge in [0.15, 0.2) is 15.2 Å². The number of methoxy groups -OCH3 is 1. The Kier molecular flexibility index (Phi) is 4.60. The normalized spacial score (nSPS) is 9.90. The Labute approximate surface area is 132 Å². The number of rotatable bonds is 3. The van der Waals surface area contributed by atoms with E-state index in [1.807, 2.05) is 0 Å². The Morgan fingerprint density at radius 1 is 1.60 bits per heavy atom. The number of nitriles is 1. The number of aromatic nitrogens is 1. The van der Waals surface area contributed by atoms with E-state index in [9.17, 15) is 4.79 Å². The number of esters is 1. The molecule has 5 nitrogen and oxygen atoms in total. The average molecular weight is 373 g/mol. The molecule has 2 aromatic rings. The maximum Gasteiger partial charge on any atom is 0.351 e. The lowest BCUT2D eigenvalue weighted by atomic mass is 10.2. The summed E-state index contributed by atoms with van der Waals surface area (Å²) in [7, 11) is 1.27. The third-order valence-corrected chi connectivity index (χ3v) is 4.13. The number of ether oxygens (including phenoxy) is 1. The lowest BCUT2D eigenvalue weighted by Gasteiger charge is -2.05. The van der Waals surface area contributed by atoms with E-state index in [0.29, 0.717) is 16.4 Å². The summed E-state index contributed by atoms with van der Waals surface area (Å²) in [5.74, 6) is -0.546. The van der Waals surface area contributed by atoms with Gasteiger partial charge in [-0.1, -0.05) is 38.9 Å². The monoisotopic (exact) mass is 371 g/mol. The van der Waals surface area contributed by atoms with Crippen molar-refractivity contribution in [3.05, 3.63) is 38.3 Å². The van der Waals surface area contributed by atoms with E-state index in [-0.39, 0.29) is 10.0 Å². The van der Waals surface area contributed by atoms with Crippen LogP contribution in [0.1, 0.15) is 15.2 Å². The van der Waals surface area contributed by atoms with Crippen LogP contribution in [0.3, 0.4) is 0 Å². The first-order valence-electron chi connectivity index (χ1n) is 5.26. The van der Waals surface area contributed by atoms with Crippen molar-refractivity contribution in [3.8, 4) is 6.07 Å². The molecule has 0 radical (unpaired) electrons. The van der Waals surface area contributed by atoms with Gasteiger partial charge in [-0.05, 0) is 18.2 Å². The number of carbonyl (C=O) groups excluding carboxylic acids is 1. The van der Waals surface area contributed by atoms with E-state index in [1.165, 1.54) is 7.11 Å². The first-order valence-corrected chi connectivity index (χ1v) is 7.25. The fourth-order valence-corrected chi connectivity index (χ4v) is 2.88. The molecule has 1 heterocycles. The first-order chi connectivity index (χ1) is 9.55. The first kappa shape index (κ1) is 14.8. The van der Waals surface area contributed by atoms with Crippen molar-refractivity contribution >= 4 is 55.7 Å². The van der Waals surface area contributed by atoms with Gasteiger partial charge in [-0.15, -0.1) is 0 Å². The number of nitrogens with zero attached hydrogens (tertiary/aromatic N) is 2. The van der Waals surface area contributed by atoms with Crippen LogP contribution >= 0.6 is 38.9 Å². The highest BCUT2D eigenvalue weighted by atomic mass is 79.9. The topological polar surface area (TPSA) is 75.0 Å². The van der Waals surface area contributed by atoms with Crippen LogP contribution in [0, 0.1) is 11.3 Å². The smallest absolute Gasteiger partial charge is 0.351 e. The molecular formula is C12H7BrClN3O2S. The number of anilines is 2. The molecule has 1 aromatic carbocycles. The van der Waals surface area contributed by atoms with Crippen LogP contribution in [0.2, 0.25) is 5.15 Å². The summed E-state index contributed by atoms with van der Waals surface area (Å²) in [6.45, 7) is 0. The van der Waals surface area contributed by atoms with Gasteiger partial charge in [0.2, 0.25) is 0 Å². The van der Waals surface area contributed by atoms with Crippen molar-refractivity contribution < 1.29 is 9.53 Å². The minimum Gasteiger partial charge on any atom is -0.465 e. The molecular weight excluding hydrogens is 366 g/mol. The molecule has 1 N–H and O–H groups in total. The molecule has 0 fully saturated rings. The number of benzene rings is 1. The average Bonchev–Trinajstić information content (AvgIpc) is 2.79. The molecule has 20 heavy (non-hydrogen) atoms. The van der Waals surface area contributed by atoms with E-state index in [1.54, 1.807) is 18.2 Å². The molecule has 0 spiro atoms. The zero-order chi connectivity index (χ0) is 14.7. The molecule has 0 amide bonds. The van der Waals surface area contributed by atoms with Crippen LogP contribution in [0.4, 0.5) is 10.8 Å². The predicted octanol–water partition coefficient (Wildman–Crippen LogP) is 3.96. The van der Waals surface area contributed by atoms with Crippen LogP contribution in [0.15, 0.2) is 22.7 Å². The minimum atomic E-state index is -0.546. The number of nitrogens with one attached hydrogen (secondary N) is 1. The van der Waals surface area contributed by atoms with E-state index < -0.39 is 5.97 Å². The molecule has 0 bridgehead atoms. The van der Waals surface area contributed by atoms with Crippen molar-refractivity contribution in [3.63, 3.8) is 0 Å². The highest BCUT2D eigenvalue weighted by Gasteiger charge is 2.18. The van der Waals surface area contributed by atoms with Crippen molar-refractivity contribution in [2.75, 3.05) is 12.4 Å². The number of halogens is 2. The Morgan fingerprint density at radius 3 is 3.00 bits per heavy atom. The quantitative estimate of drug-likeness (QED) is 0.825. The van der Waals surface area contributed by atoms with Gasteiger partial charge in [0.25, 0.3) is 0 Å². The fraction of sp³-hybridized carbons (Fsp3) is 0.0833. The fourth-order valence-electron chi connectivity index (χ4n) is 1.41. The van der Waals surface area contributed by atoms with Crippen LogP contribution in [-0.2, 0) is 4.74 Å². The SMILES string of the molecule is COC(=O)c1sc(Nc2cc(Br)ccc2C#N)nc1Cl. The van der Waals surface area contributed by atoms with Gasteiger partial charge < -0.3 is 10.1 Å². The summed E-state index contributed by atoms with van der Waals surface area (Å²) in [6.07, 6.45) is 0. The maximum absolute atomic E-state index is 11.5. The summed E-state index contributed by atoms with van der Waals surface area (Å²) in [4.78, 5) is 15.7. The van der Waals surface area contributed by atoms with Crippen molar-refractivity contribution in [2.45, 2.75) is 0 Å². The largest absolute Gasteiger partial charge is 0.465 e. The van der Waals surface area contributed by atoms with Gasteiger partial charge in [-0.2, -0.15) is 5.26 Å². The van der Waals surface area contributed by atoms with Crippen LogP contribution in [0.5, 0.6) is 0 Å². The molecule has 102 valence electrons. The number of hydrogen-bond acceptors (Lipinski definition) is 6. The van der Waals surface area contributed by atoms with E-state index in [0.717, 1.165) is 15.8 Å². The third kappa shape index (κ3) is 3.10. The Hall–Kier alpha value is -1.62. The van der Waals surface area contributed by atoms with Gasteiger partial charge >= 0.3 is 5.97 Å². The van der Waals surface area contributed by atoms with Gasteiger partial charge in [-0.25, -0.2) is 9.78 Å². The second-order valence-corrected chi connectivity index (χ2v) is 5.83. The summed E-state index contributed by atoms with van der Waals surface area (Å²) in [5.41, 5.74) is 1.03. The lowest BCUT2D eigenvalue weighted by molar-refractivity contribution is 0.0606. The van der Waals surface area contributed by atoms with E-state index >= 15 is 0 Å². The van der Waals surface area contributed by atoms with Gasteiger partial charge in [0, 0.05) is 4.47 Å². The molecule has 2 rings (SSSR count). The molecule has 0 unspecified atom stereocenters. The number of carbonyl (C=O) groups is 1. The lowest BCUT2D eigenvalue weighted by Crippen LogP contribution is -1.98. The molecule has 0 aliphatic heterocycles. The highest BCUT2D eigenvalue weighted by Crippen LogP contribution is 2.31. The highest BCUT2D eigenvalue weighted by molar-refractivity contribution is 9.10. The van der Waals surface area contributed by atoms with Crippen LogP contribution < -0.4 is 5.32 Å². The number of thiazole rings is 1. The Balaban J connectivity index is 2.34. The molecule has 0 aliphatic rings. The zero-order valence-electron chi connectivity index (χ0n) is 10.1. The van der Waals surface area contributed by atoms with Crippen molar-refractivity contribution in [2.24, 2.45) is 0 Å². The van der Waals surface area contributed by atoms with Gasteiger partial charge in [0.05, 0.1) is 18.4 Å². The maximum atomic E-state index is 11.5. The van der Waals surface area contributed by atoms with E-state index in [4.69, 9.17) is 16.9 Å². The Bertz CT molecular complexity index is 711.